The van der Waals surface area contributed by atoms with E-state index in [0.29, 0.717) is 10.0 Å². The van der Waals surface area contributed by atoms with Crippen LogP contribution >= 0.6 is 0 Å². The minimum Gasteiger partial charge on any atom is -0.467 e. The third kappa shape index (κ3) is 3.46. The lowest BCUT2D eigenvalue weighted by Gasteiger charge is -2.20. The Morgan fingerprint density at radius 3 is 2.03 bits per heavy atom. The molecular formula is C18H18F3N3O5. The Bertz CT molecular complexity index is 851. The molecule has 2 heterocycles. The van der Waals surface area contributed by atoms with Gasteiger partial charge in [-0.15, -0.1) is 0 Å². The number of hydrogen-bond donors (Lipinski definition) is 1. The Balaban J connectivity index is 1.88. The van der Waals surface area contributed by atoms with E-state index in [1.54, 1.807) is 13.8 Å². The van der Waals surface area contributed by atoms with Crippen LogP contribution in [0.5, 0.6) is 0 Å². The first kappa shape index (κ1) is 20.8. The van der Waals surface area contributed by atoms with Gasteiger partial charge in [0.05, 0.1) is 18.2 Å². The number of amides is 3. The van der Waals surface area contributed by atoms with Crippen molar-refractivity contribution >= 4 is 23.7 Å². The molecule has 1 N–H and O–H groups in total. The van der Waals surface area contributed by atoms with Crippen molar-refractivity contribution in [1.29, 1.82) is 0 Å². The molecule has 156 valence electrons. The first-order chi connectivity index (χ1) is 13.5. The summed E-state index contributed by atoms with van der Waals surface area (Å²) < 4.78 is 45.1. The van der Waals surface area contributed by atoms with E-state index in [0.717, 1.165) is 7.11 Å². The first-order valence-corrected chi connectivity index (χ1v) is 8.71. The zero-order valence-electron chi connectivity index (χ0n) is 15.7. The smallest absolute Gasteiger partial charge is 0.408 e. The van der Waals surface area contributed by atoms with Crippen LogP contribution in [-0.2, 0) is 14.3 Å². The summed E-state index contributed by atoms with van der Waals surface area (Å²) >= 11 is 0. The van der Waals surface area contributed by atoms with Gasteiger partial charge in [-0.2, -0.15) is 18.2 Å². The van der Waals surface area contributed by atoms with E-state index in [1.165, 1.54) is 24.3 Å². The molecule has 11 heteroatoms. The summed E-state index contributed by atoms with van der Waals surface area (Å²) in [6.07, 6.45) is -4.88. The number of halogens is 3. The van der Waals surface area contributed by atoms with Gasteiger partial charge in [0.1, 0.15) is 12.1 Å². The fourth-order valence-electron chi connectivity index (χ4n) is 3.31. The van der Waals surface area contributed by atoms with Crippen molar-refractivity contribution in [2.45, 2.75) is 38.1 Å². The van der Waals surface area contributed by atoms with Crippen LogP contribution in [0.1, 0.15) is 34.6 Å². The number of rotatable bonds is 5. The van der Waals surface area contributed by atoms with Gasteiger partial charge in [0.25, 0.3) is 11.8 Å². The van der Waals surface area contributed by atoms with E-state index >= 15 is 0 Å². The van der Waals surface area contributed by atoms with Crippen molar-refractivity contribution in [3.8, 4) is 0 Å². The SMILES string of the molecule is COC(=O)[C@@H](NC(=O)[C@H]1[C@H](C(F)(F)F)N1N1C(=O)c2ccccc2C1=O)C(C)C. The lowest BCUT2D eigenvalue weighted by atomic mass is 10.0. The largest absolute Gasteiger partial charge is 0.467 e. The van der Waals surface area contributed by atoms with Crippen molar-refractivity contribution in [2.75, 3.05) is 7.11 Å². The maximum atomic E-state index is 13.5. The highest BCUT2D eigenvalue weighted by molar-refractivity contribution is 6.21. The van der Waals surface area contributed by atoms with Gasteiger partial charge in [0.2, 0.25) is 5.91 Å². The van der Waals surface area contributed by atoms with Crippen LogP contribution in [0.2, 0.25) is 0 Å². The van der Waals surface area contributed by atoms with Gasteiger partial charge in [0, 0.05) is 0 Å². The highest BCUT2D eigenvalue weighted by Crippen LogP contribution is 2.45. The van der Waals surface area contributed by atoms with E-state index in [4.69, 9.17) is 0 Å². The Morgan fingerprint density at radius 1 is 1.10 bits per heavy atom. The number of methoxy groups -OCH3 is 1. The number of fused-ring (bicyclic) bond motifs is 1. The molecule has 0 saturated carbocycles. The van der Waals surface area contributed by atoms with Crippen LogP contribution in [0.3, 0.4) is 0 Å². The number of carbonyl (C=O) groups excluding carboxylic acids is 4. The fourth-order valence-corrected chi connectivity index (χ4v) is 3.31. The molecule has 3 rings (SSSR count). The second kappa shape index (κ2) is 7.14. The van der Waals surface area contributed by atoms with Crippen LogP contribution in [0.15, 0.2) is 24.3 Å². The molecule has 1 fully saturated rings. The van der Waals surface area contributed by atoms with Crippen LogP contribution < -0.4 is 5.32 Å². The predicted octanol–water partition coefficient (Wildman–Crippen LogP) is 1.13. The maximum Gasteiger partial charge on any atom is 0.408 e. The van der Waals surface area contributed by atoms with Crippen LogP contribution in [0, 0.1) is 5.92 Å². The number of esters is 1. The normalized spacial score (nSPS) is 24.4. The summed E-state index contributed by atoms with van der Waals surface area (Å²) in [5.74, 6) is -4.29. The number of nitrogens with one attached hydrogen (secondary N) is 1. The minimum atomic E-state index is -4.88. The third-order valence-corrected chi connectivity index (χ3v) is 4.81. The molecular weight excluding hydrogens is 395 g/mol. The monoisotopic (exact) mass is 413 g/mol. The first-order valence-electron chi connectivity index (χ1n) is 8.71. The quantitative estimate of drug-likeness (QED) is 0.442. The average Bonchev–Trinajstić information content (AvgIpc) is 3.35. The average molecular weight is 413 g/mol. The van der Waals surface area contributed by atoms with Crippen LogP contribution in [0.25, 0.3) is 0 Å². The number of imide groups is 1. The molecule has 4 atom stereocenters. The zero-order valence-corrected chi connectivity index (χ0v) is 15.7. The highest BCUT2D eigenvalue weighted by Gasteiger charge is 2.71. The summed E-state index contributed by atoms with van der Waals surface area (Å²) in [5, 5.41) is 2.97. The number of nitrogens with zero attached hydrogens (tertiary/aromatic N) is 2. The Labute approximate surface area is 163 Å². The molecule has 0 aromatic heterocycles. The number of hydrazine groups is 1. The zero-order chi connectivity index (χ0) is 21.7. The molecule has 2 aliphatic rings. The minimum absolute atomic E-state index is 0.0425. The molecule has 0 spiro atoms. The number of ether oxygens (including phenoxy) is 1. The number of benzene rings is 1. The molecule has 1 aromatic carbocycles. The highest BCUT2D eigenvalue weighted by atomic mass is 19.4. The topological polar surface area (TPSA) is 95.8 Å². The maximum absolute atomic E-state index is 13.5. The van der Waals surface area contributed by atoms with Crippen molar-refractivity contribution in [3.63, 3.8) is 0 Å². The Kier molecular flexibility index (Phi) is 5.11. The standard InChI is InChI=1S/C18H18F3N3O5/c1-8(2)11(17(28)29-3)22-14(25)12-13(18(19,20)21)23(12)24-15(26)9-6-4-5-7-10(9)16(24)27/h4-8,11-13H,1-3H3,(H,22,25)/t11-,12+,13+,23?/m0/s1. The van der Waals surface area contributed by atoms with Crippen molar-refractivity contribution in [3.05, 3.63) is 35.4 Å². The number of alkyl halides is 3. The summed E-state index contributed by atoms with van der Waals surface area (Å²) in [5.41, 5.74) is -0.0850. The second-order valence-corrected chi connectivity index (χ2v) is 7.03. The van der Waals surface area contributed by atoms with E-state index in [2.05, 4.69) is 10.1 Å². The number of carbonyl (C=O) groups is 4. The molecule has 8 nitrogen and oxygen atoms in total. The van der Waals surface area contributed by atoms with Crippen LogP contribution in [-0.4, -0.2) is 65.1 Å². The molecule has 1 aromatic rings. The third-order valence-electron chi connectivity index (χ3n) is 4.81. The Morgan fingerprint density at radius 2 is 1.62 bits per heavy atom. The van der Waals surface area contributed by atoms with Gasteiger partial charge in [-0.25, -0.2) is 9.80 Å². The van der Waals surface area contributed by atoms with Crippen molar-refractivity contribution in [1.82, 2.24) is 15.3 Å². The molecule has 1 unspecified atom stereocenters. The number of hydrogen-bond acceptors (Lipinski definition) is 6. The fraction of sp³-hybridized carbons (Fsp3) is 0.444. The predicted molar refractivity (Wildman–Crippen MR) is 91.2 cm³/mol. The molecule has 0 bridgehead atoms. The summed E-state index contributed by atoms with van der Waals surface area (Å²) in [4.78, 5) is 49.4. The van der Waals surface area contributed by atoms with Gasteiger partial charge in [-0.05, 0) is 18.1 Å². The van der Waals surface area contributed by atoms with Crippen molar-refractivity contribution in [2.24, 2.45) is 5.92 Å². The van der Waals surface area contributed by atoms with E-state index in [-0.39, 0.29) is 11.1 Å². The van der Waals surface area contributed by atoms with Gasteiger partial charge in [0.15, 0.2) is 6.04 Å². The molecule has 1 saturated heterocycles. The summed E-state index contributed by atoms with van der Waals surface area (Å²) in [6.45, 7) is 3.16. The van der Waals surface area contributed by atoms with Gasteiger partial charge >= 0.3 is 12.1 Å². The molecule has 3 amide bonds. The summed E-state index contributed by atoms with van der Waals surface area (Å²) in [7, 11) is 1.09. The van der Waals surface area contributed by atoms with Gasteiger partial charge in [-0.3, -0.25) is 14.4 Å². The van der Waals surface area contributed by atoms with Gasteiger partial charge in [-0.1, -0.05) is 26.0 Å². The summed E-state index contributed by atoms with van der Waals surface area (Å²) in [6, 6.07) is 0.200. The molecule has 0 aliphatic carbocycles. The Hall–Kier alpha value is -2.95. The van der Waals surface area contributed by atoms with E-state index < -0.39 is 53.9 Å². The molecule has 2 aliphatic heterocycles. The van der Waals surface area contributed by atoms with E-state index in [1.807, 2.05) is 0 Å². The lowest BCUT2D eigenvalue weighted by molar-refractivity contribution is -0.147. The van der Waals surface area contributed by atoms with E-state index in [9.17, 15) is 32.3 Å². The van der Waals surface area contributed by atoms with Gasteiger partial charge < -0.3 is 10.1 Å². The molecule has 29 heavy (non-hydrogen) atoms. The lowest BCUT2D eigenvalue weighted by Crippen LogP contribution is -2.48. The second-order valence-electron chi connectivity index (χ2n) is 7.03. The molecule has 0 radical (unpaired) electrons. The van der Waals surface area contributed by atoms with Crippen molar-refractivity contribution < 1.29 is 37.1 Å². The van der Waals surface area contributed by atoms with Crippen LogP contribution in [0.4, 0.5) is 13.2 Å².